The maximum atomic E-state index is 12.9. The normalized spacial score (nSPS) is 24.4. The van der Waals surface area contributed by atoms with E-state index in [1.165, 1.54) is 17.5 Å². The number of nitrogens with zero attached hydrogens (tertiary/aromatic N) is 1. The molecule has 4 heteroatoms. The van der Waals surface area contributed by atoms with E-state index in [1.807, 2.05) is 17.0 Å². The summed E-state index contributed by atoms with van der Waals surface area (Å²) in [6, 6.07) is 6.40. The zero-order chi connectivity index (χ0) is 14.1. The van der Waals surface area contributed by atoms with Crippen molar-refractivity contribution < 1.29 is 4.79 Å². The van der Waals surface area contributed by atoms with Crippen LogP contribution >= 0.6 is 12.4 Å². The van der Waals surface area contributed by atoms with Gasteiger partial charge < -0.3 is 10.6 Å². The summed E-state index contributed by atoms with van der Waals surface area (Å²) < 4.78 is 0. The molecule has 0 spiro atoms. The van der Waals surface area contributed by atoms with Crippen LogP contribution in [-0.2, 0) is 12.8 Å². The van der Waals surface area contributed by atoms with Crippen molar-refractivity contribution in [3.63, 3.8) is 0 Å². The van der Waals surface area contributed by atoms with Crippen molar-refractivity contribution >= 4 is 18.3 Å². The molecule has 2 N–H and O–H groups in total. The third-order valence-electron chi connectivity index (χ3n) is 4.89. The van der Waals surface area contributed by atoms with Gasteiger partial charge in [0.1, 0.15) is 0 Å². The van der Waals surface area contributed by atoms with Gasteiger partial charge in [0.15, 0.2) is 0 Å². The molecule has 1 fully saturated rings. The Bertz CT molecular complexity index is 518. The second kappa shape index (κ2) is 6.80. The Morgan fingerprint density at radius 3 is 2.95 bits per heavy atom. The van der Waals surface area contributed by atoms with Gasteiger partial charge in [-0.1, -0.05) is 19.1 Å². The lowest BCUT2D eigenvalue weighted by atomic mass is 9.91. The number of amides is 1. The molecule has 0 saturated carbocycles. The molecule has 1 aromatic rings. The average Bonchev–Trinajstić information content (AvgIpc) is 2.94. The summed E-state index contributed by atoms with van der Waals surface area (Å²) in [4.78, 5) is 14.9. The highest BCUT2D eigenvalue weighted by molar-refractivity contribution is 5.96. The van der Waals surface area contributed by atoms with Gasteiger partial charge in [-0.25, -0.2) is 0 Å². The van der Waals surface area contributed by atoms with E-state index >= 15 is 0 Å². The molecule has 1 heterocycles. The van der Waals surface area contributed by atoms with Gasteiger partial charge in [0.05, 0.1) is 0 Å². The number of hydrogen-bond donors (Lipinski definition) is 1. The first-order chi connectivity index (χ1) is 9.70. The van der Waals surface area contributed by atoms with Crippen LogP contribution in [0.5, 0.6) is 0 Å². The van der Waals surface area contributed by atoms with E-state index < -0.39 is 0 Å². The molecule has 2 aliphatic rings. The van der Waals surface area contributed by atoms with E-state index in [-0.39, 0.29) is 24.4 Å². The molecule has 0 radical (unpaired) electrons. The number of fused-ring (bicyclic) bond motifs is 1. The molecule has 3 nitrogen and oxygen atoms in total. The summed E-state index contributed by atoms with van der Waals surface area (Å²) in [7, 11) is 0. The number of likely N-dealkylation sites (tertiary alicyclic amines) is 1. The van der Waals surface area contributed by atoms with Crippen LogP contribution in [0.25, 0.3) is 0 Å². The van der Waals surface area contributed by atoms with E-state index in [9.17, 15) is 4.79 Å². The molecule has 0 aromatic heterocycles. The van der Waals surface area contributed by atoms with Gasteiger partial charge in [-0.15, -0.1) is 12.4 Å². The second-order valence-electron chi connectivity index (χ2n) is 6.31. The molecule has 21 heavy (non-hydrogen) atoms. The second-order valence-corrected chi connectivity index (χ2v) is 6.31. The molecule has 3 rings (SSSR count). The molecule has 1 saturated heterocycles. The topological polar surface area (TPSA) is 46.3 Å². The highest BCUT2D eigenvalue weighted by atomic mass is 35.5. The van der Waals surface area contributed by atoms with Crippen molar-refractivity contribution in [3.05, 3.63) is 34.9 Å². The van der Waals surface area contributed by atoms with Crippen LogP contribution < -0.4 is 5.73 Å². The Morgan fingerprint density at radius 1 is 1.38 bits per heavy atom. The standard InChI is InChI=1S/C17H24N2O.ClH/c1-12-8-9-19(14(10-12)11-18)17(20)16-7-3-5-13-4-2-6-15(13)16;/h3,5,7,12,14H,2,4,6,8-11,18H2,1H3;1H. The summed E-state index contributed by atoms with van der Waals surface area (Å²) in [5, 5.41) is 0. The van der Waals surface area contributed by atoms with E-state index in [1.54, 1.807) is 0 Å². The Kier molecular flexibility index (Phi) is 5.28. The van der Waals surface area contributed by atoms with E-state index in [0.717, 1.165) is 37.8 Å². The fraction of sp³-hybridized carbons (Fsp3) is 0.588. The first-order valence-corrected chi connectivity index (χ1v) is 7.82. The number of benzene rings is 1. The fourth-order valence-electron chi connectivity index (χ4n) is 3.72. The summed E-state index contributed by atoms with van der Waals surface area (Å²) >= 11 is 0. The number of hydrogen-bond acceptors (Lipinski definition) is 2. The molecule has 116 valence electrons. The van der Waals surface area contributed by atoms with Gasteiger partial charge in [-0.3, -0.25) is 4.79 Å². The van der Waals surface area contributed by atoms with E-state index in [0.29, 0.717) is 12.5 Å². The first kappa shape index (κ1) is 16.3. The molecule has 2 unspecified atom stereocenters. The predicted octanol–water partition coefficient (Wildman–Crippen LogP) is 2.80. The highest BCUT2D eigenvalue weighted by Crippen LogP contribution is 2.29. The molecular formula is C17H25ClN2O. The maximum Gasteiger partial charge on any atom is 0.254 e. The number of carbonyl (C=O) groups excluding carboxylic acids is 1. The molecule has 2 atom stereocenters. The molecular weight excluding hydrogens is 284 g/mol. The lowest BCUT2D eigenvalue weighted by molar-refractivity contribution is 0.0572. The average molecular weight is 309 g/mol. The molecule has 0 bridgehead atoms. The minimum atomic E-state index is 0. The van der Waals surface area contributed by atoms with Crippen LogP contribution in [0, 0.1) is 5.92 Å². The number of rotatable bonds is 2. The van der Waals surface area contributed by atoms with Crippen LogP contribution in [-0.4, -0.2) is 29.9 Å². The third-order valence-corrected chi connectivity index (χ3v) is 4.89. The van der Waals surface area contributed by atoms with Gasteiger partial charge >= 0.3 is 0 Å². The summed E-state index contributed by atoms with van der Waals surface area (Å²) in [6.45, 7) is 3.68. The van der Waals surface area contributed by atoms with Gasteiger partial charge in [-0.2, -0.15) is 0 Å². The number of piperidine rings is 1. The van der Waals surface area contributed by atoms with Gasteiger partial charge in [0, 0.05) is 24.7 Å². The summed E-state index contributed by atoms with van der Waals surface area (Å²) in [5.41, 5.74) is 9.47. The largest absolute Gasteiger partial charge is 0.334 e. The van der Waals surface area contributed by atoms with Crippen molar-refractivity contribution in [3.8, 4) is 0 Å². The molecule has 1 aromatic carbocycles. The Morgan fingerprint density at radius 2 is 2.19 bits per heavy atom. The van der Waals surface area contributed by atoms with Crippen LogP contribution in [0.3, 0.4) is 0 Å². The summed E-state index contributed by atoms with van der Waals surface area (Å²) in [6.07, 6.45) is 5.48. The van der Waals surface area contributed by atoms with Gasteiger partial charge in [0.2, 0.25) is 0 Å². The van der Waals surface area contributed by atoms with Crippen molar-refractivity contribution in [2.45, 2.75) is 45.1 Å². The fourth-order valence-corrected chi connectivity index (χ4v) is 3.72. The first-order valence-electron chi connectivity index (χ1n) is 7.82. The van der Waals surface area contributed by atoms with E-state index in [2.05, 4.69) is 13.0 Å². The Labute approximate surface area is 133 Å². The van der Waals surface area contributed by atoms with Crippen LogP contribution in [0.4, 0.5) is 0 Å². The lowest BCUT2D eigenvalue weighted by Crippen LogP contribution is -2.49. The lowest BCUT2D eigenvalue weighted by Gasteiger charge is -2.38. The maximum absolute atomic E-state index is 12.9. The summed E-state index contributed by atoms with van der Waals surface area (Å²) in [5.74, 6) is 0.875. The minimum Gasteiger partial charge on any atom is -0.334 e. The Hall–Kier alpha value is -1.06. The number of aryl methyl sites for hydroxylation is 1. The minimum absolute atomic E-state index is 0. The van der Waals surface area contributed by atoms with Crippen LogP contribution in [0.15, 0.2) is 18.2 Å². The highest BCUT2D eigenvalue weighted by Gasteiger charge is 2.31. The molecule has 1 aliphatic carbocycles. The smallest absolute Gasteiger partial charge is 0.254 e. The SMILES string of the molecule is CC1CCN(C(=O)c2cccc3c2CCC3)C(CN)C1.Cl. The quantitative estimate of drug-likeness (QED) is 0.913. The third kappa shape index (κ3) is 3.09. The Balaban J connectivity index is 0.00000161. The van der Waals surface area contributed by atoms with Crippen LogP contribution in [0.1, 0.15) is 47.7 Å². The van der Waals surface area contributed by atoms with Gasteiger partial charge in [0.25, 0.3) is 5.91 Å². The van der Waals surface area contributed by atoms with Crippen LogP contribution in [0.2, 0.25) is 0 Å². The predicted molar refractivity (Wildman–Crippen MR) is 88.0 cm³/mol. The molecule has 1 aliphatic heterocycles. The zero-order valence-electron chi connectivity index (χ0n) is 12.7. The van der Waals surface area contributed by atoms with Crippen molar-refractivity contribution in [1.82, 2.24) is 4.90 Å². The molecule has 1 amide bonds. The number of halogens is 1. The van der Waals surface area contributed by atoms with Crippen molar-refractivity contribution in [2.24, 2.45) is 11.7 Å². The van der Waals surface area contributed by atoms with Crippen molar-refractivity contribution in [1.29, 1.82) is 0 Å². The monoisotopic (exact) mass is 308 g/mol. The van der Waals surface area contributed by atoms with Gasteiger partial charge in [-0.05, 0) is 55.2 Å². The van der Waals surface area contributed by atoms with Crippen molar-refractivity contribution in [2.75, 3.05) is 13.1 Å². The van der Waals surface area contributed by atoms with E-state index in [4.69, 9.17) is 5.73 Å². The zero-order valence-corrected chi connectivity index (χ0v) is 13.5. The number of carbonyl (C=O) groups is 1. The number of nitrogens with two attached hydrogens (primary N) is 1.